The molecule has 5 nitrogen and oxygen atoms in total. The van der Waals surface area contributed by atoms with Crippen LogP contribution in [0, 0.1) is 11.3 Å². The van der Waals surface area contributed by atoms with Crippen LogP contribution in [0.3, 0.4) is 0 Å². The van der Waals surface area contributed by atoms with Gasteiger partial charge in [0, 0.05) is 6.42 Å². The molecule has 0 fully saturated rings. The Morgan fingerprint density at radius 1 is 1.33 bits per heavy atom. The highest BCUT2D eigenvalue weighted by Crippen LogP contribution is 2.31. The maximum absolute atomic E-state index is 12.8. The van der Waals surface area contributed by atoms with Gasteiger partial charge in [0.1, 0.15) is 6.04 Å². The predicted molar refractivity (Wildman–Crippen MR) is 66.7 cm³/mol. The number of carbonyl (C=O) groups is 2. The Bertz CT molecular complexity index is 579. The van der Waals surface area contributed by atoms with Gasteiger partial charge in [-0.1, -0.05) is 12.1 Å². The second kappa shape index (κ2) is 6.74. The summed E-state index contributed by atoms with van der Waals surface area (Å²) in [7, 11) is 0. The number of nitrogens with one attached hydrogen (secondary N) is 1. The lowest BCUT2D eigenvalue weighted by Gasteiger charge is -2.16. The summed E-state index contributed by atoms with van der Waals surface area (Å²) in [5.41, 5.74) is 3.33. The van der Waals surface area contributed by atoms with Crippen molar-refractivity contribution in [2.75, 3.05) is 0 Å². The summed E-state index contributed by atoms with van der Waals surface area (Å²) in [4.78, 5) is 23.0. The second-order valence-electron chi connectivity index (χ2n) is 4.17. The van der Waals surface area contributed by atoms with E-state index in [0.717, 1.165) is 18.2 Å². The minimum atomic E-state index is -4.69. The van der Waals surface area contributed by atoms with E-state index in [-0.39, 0.29) is 12.8 Å². The lowest BCUT2D eigenvalue weighted by molar-refractivity contribution is -0.137. The van der Waals surface area contributed by atoms with Crippen LogP contribution >= 0.6 is 0 Å². The molecule has 0 saturated carbocycles. The normalized spacial score (nSPS) is 12.3. The molecule has 1 rings (SSSR count). The maximum atomic E-state index is 12.8. The van der Waals surface area contributed by atoms with E-state index in [1.807, 2.05) is 0 Å². The van der Waals surface area contributed by atoms with Gasteiger partial charge < -0.3 is 11.1 Å². The van der Waals surface area contributed by atoms with Gasteiger partial charge in [-0.05, 0) is 18.6 Å². The molecule has 0 unspecified atom stereocenters. The van der Waals surface area contributed by atoms with E-state index >= 15 is 0 Å². The summed E-state index contributed by atoms with van der Waals surface area (Å²) >= 11 is 0. The van der Waals surface area contributed by atoms with E-state index in [9.17, 15) is 22.8 Å². The van der Waals surface area contributed by atoms with Crippen molar-refractivity contribution < 1.29 is 22.8 Å². The topological polar surface area (TPSA) is 96.0 Å². The zero-order valence-corrected chi connectivity index (χ0v) is 10.8. The lowest BCUT2D eigenvalue weighted by atomic mass is 10.1. The molecule has 8 heteroatoms. The standard InChI is InChI=1S/C13H12F3N3O2/c14-13(15,16)9-5-2-1-4-8(9)12(21)19-10(11(18)20)6-3-7-17/h1-2,4-5,10H,3,6H2,(H2,18,20)(H,19,21)/t10-/m1/s1. The Morgan fingerprint density at radius 2 is 1.95 bits per heavy atom. The fourth-order valence-electron chi connectivity index (χ4n) is 1.66. The quantitative estimate of drug-likeness (QED) is 0.864. The van der Waals surface area contributed by atoms with Crippen molar-refractivity contribution in [2.24, 2.45) is 5.73 Å². The van der Waals surface area contributed by atoms with Gasteiger partial charge in [-0.2, -0.15) is 18.4 Å². The van der Waals surface area contributed by atoms with Crippen LogP contribution in [0.4, 0.5) is 13.2 Å². The van der Waals surface area contributed by atoms with Gasteiger partial charge in [0.05, 0.1) is 17.2 Å². The Hall–Kier alpha value is -2.56. The summed E-state index contributed by atoms with van der Waals surface area (Å²) in [6.45, 7) is 0. The maximum Gasteiger partial charge on any atom is 0.417 e. The third kappa shape index (κ3) is 4.49. The first kappa shape index (κ1) is 16.5. The second-order valence-corrected chi connectivity index (χ2v) is 4.17. The number of hydrogen-bond donors (Lipinski definition) is 2. The molecule has 0 heterocycles. The van der Waals surface area contributed by atoms with Crippen LogP contribution in [0.25, 0.3) is 0 Å². The minimum Gasteiger partial charge on any atom is -0.368 e. The highest BCUT2D eigenvalue weighted by atomic mass is 19.4. The molecule has 21 heavy (non-hydrogen) atoms. The highest BCUT2D eigenvalue weighted by Gasteiger charge is 2.35. The number of rotatable bonds is 5. The van der Waals surface area contributed by atoms with Crippen LogP contribution in [0.1, 0.15) is 28.8 Å². The molecule has 1 aromatic carbocycles. The minimum absolute atomic E-state index is 0.0607. The van der Waals surface area contributed by atoms with E-state index in [0.29, 0.717) is 0 Å². The van der Waals surface area contributed by atoms with E-state index in [1.54, 1.807) is 6.07 Å². The summed E-state index contributed by atoms with van der Waals surface area (Å²) in [5.74, 6) is -1.98. The van der Waals surface area contributed by atoms with E-state index in [2.05, 4.69) is 5.32 Å². The Kier molecular flexibility index (Phi) is 5.30. The number of primary amides is 1. The molecule has 0 aliphatic carbocycles. The van der Waals surface area contributed by atoms with E-state index < -0.39 is 35.2 Å². The first-order valence-electron chi connectivity index (χ1n) is 5.90. The average molecular weight is 299 g/mol. The zero-order valence-electron chi connectivity index (χ0n) is 10.8. The Labute approximate surface area is 118 Å². The molecule has 0 radical (unpaired) electrons. The number of nitriles is 1. The molecule has 3 N–H and O–H groups in total. The van der Waals surface area contributed by atoms with Crippen molar-refractivity contribution in [1.29, 1.82) is 5.26 Å². The molecule has 1 aromatic rings. The van der Waals surface area contributed by atoms with Gasteiger partial charge in [0.2, 0.25) is 5.91 Å². The van der Waals surface area contributed by atoms with Gasteiger partial charge >= 0.3 is 6.18 Å². The first-order chi connectivity index (χ1) is 9.77. The van der Waals surface area contributed by atoms with Crippen LogP contribution in [-0.4, -0.2) is 17.9 Å². The molecule has 0 aliphatic heterocycles. The summed E-state index contributed by atoms with van der Waals surface area (Å²) in [6, 6.07) is 4.76. The number of carbonyl (C=O) groups excluding carboxylic acids is 2. The highest BCUT2D eigenvalue weighted by molar-refractivity contribution is 5.98. The number of hydrogen-bond acceptors (Lipinski definition) is 3. The van der Waals surface area contributed by atoms with Crippen LogP contribution in [-0.2, 0) is 11.0 Å². The van der Waals surface area contributed by atoms with E-state index in [4.69, 9.17) is 11.0 Å². The summed E-state index contributed by atoms with van der Waals surface area (Å²) < 4.78 is 38.4. The predicted octanol–water partition coefficient (Wildman–Crippen LogP) is 1.59. The van der Waals surface area contributed by atoms with Gasteiger partial charge in [-0.15, -0.1) is 0 Å². The van der Waals surface area contributed by atoms with Crippen molar-refractivity contribution >= 4 is 11.8 Å². The van der Waals surface area contributed by atoms with Crippen LogP contribution < -0.4 is 11.1 Å². The van der Waals surface area contributed by atoms with E-state index in [1.165, 1.54) is 6.07 Å². The third-order valence-corrected chi connectivity index (χ3v) is 2.67. The van der Waals surface area contributed by atoms with Crippen molar-refractivity contribution in [2.45, 2.75) is 25.1 Å². The monoisotopic (exact) mass is 299 g/mol. The number of amides is 2. The molecular weight excluding hydrogens is 287 g/mol. The van der Waals surface area contributed by atoms with Crippen molar-refractivity contribution in [1.82, 2.24) is 5.32 Å². The van der Waals surface area contributed by atoms with Crippen LogP contribution in [0.2, 0.25) is 0 Å². The molecule has 0 aromatic heterocycles. The number of nitrogens with two attached hydrogens (primary N) is 1. The molecule has 0 saturated heterocycles. The average Bonchev–Trinajstić information content (AvgIpc) is 2.42. The molecule has 0 spiro atoms. The SMILES string of the molecule is N#CCC[C@@H](NC(=O)c1ccccc1C(F)(F)F)C(N)=O. The third-order valence-electron chi connectivity index (χ3n) is 2.67. The Morgan fingerprint density at radius 3 is 2.48 bits per heavy atom. The number of nitrogens with zero attached hydrogens (tertiary/aromatic N) is 1. The molecule has 0 aliphatic rings. The fraction of sp³-hybridized carbons (Fsp3) is 0.308. The smallest absolute Gasteiger partial charge is 0.368 e. The Balaban J connectivity index is 2.99. The van der Waals surface area contributed by atoms with Crippen molar-refractivity contribution in [3.63, 3.8) is 0 Å². The fourth-order valence-corrected chi connectivity index (χ4v) is 1.66. The molecule has 2 amide bonds. The zero-order chi connectivity index (χ0) is 16.0. The van der Waals surface area contributed by atoms with Gasteiger partial charge in [0.25, 0.3) is 5.91 Å². The van der Waals surface area contributed by atoms with Crippen molar-refractivity contribution in [3.8, 4) is 6.07 Å². The van der Waals surface area contributed by atoms with Crippen molar-refractivity contribution in [3.05, 3.63) is 35.4 Å². The largest absolute Gasteiger partial charge is 0.417 e. The van der Waals surface area contributed by atoms with Crippen LogP contribution in [0.5, 0.6) is 0 Å². The first-order valence-corrected chi connectivity index (χ1v) is 5.90. The number of halogens is 3. The summed E-state index contributed by atoms with van der Waals surface area (Å²) in [5, 5.41) is 10.6. The molecule has 1 atom stereocenters. The molecule has 0 bridgehead atoms. The molecule has 112 valence electrons. The van der Waals surface area contributed by atoms with Gasteiger partial charge in [-0.3, -0.25) is 9.59 Å². The number of alkyl halides is 3. The number of benzene rings is 1. The lowest BCUT2D eigenvalue weighted by Crippen LogP contribution is -2.44. The van der Waals surface area contributed by atoms with Crippen LogP contribution in [0.15, 0.2) is 24.3 Å². The van der Waals surface area contributed by atoms with Gasteiger partial charge in [-0.25, -0.2) is 0 Å². The van der Waals surface area contributed by atoms with Gasteiger partial charge in [0.15, 0.2) is 0 Å². The molecular formula is C13H12F3N3O2. The summed E-state index contributed by atoms with van der Waals surface area (Å²) in [6.07, 6.45) is -4.82.